The number of allylic oxidation sites excluding steroid dienone is 1. The monoisotopic (exact) mass is 318 g/mol. The number of carbonyl (C=O) groups excluding carboxylic acids is 1. The van der Waals surface area contributed by atoms with E-state index in [1.807, 2.05) is 6.07 Å². The number of ketones is 1. The van der Waals surface area contributed by atoms with E-state index in [1.54, 1.807) is 48.5 Å². The Bertz CT molecular complexity index is 1010. The van der Waals surface area contributed by atoms with Gasteiger partial charge in [0.15, 0.2) is 11.2 Å². The minimum atomic E-state index is -1.08. The average Bonchev–Trinajstić information content (AvgIpc) is 2.62. The minimum absolute atomic E-state index is 0.194. The molecule has 118 valence electrons. The molecule has 1 aliphatic carbocycles. The Balaban J connectivity index is 1.94. The lowest BCUT2D eigenvalue weighted by Gasteiger charge is -2.24. The summed E-state index contributed by atoms with van der Waals surface area (Å²) in [5.74, 6) is -0.982. The third-order valence-electron chi connectivity index (χ3n) is 4.32. The van der Waals surface area contributed by atoms with Crippen molar-refractivity contribution in [1.82, 2.24) is 0 Å². The van der Waals surface area contributed by atoms with Crippen molar-refractivity contribution in [2.75, 3.05) is 0 Å². The lowest BCUT2D eigenvalue weighted by atomic mass is 9.84. The Morgan fingerprint density at radius 1 is 0.917 bits per heavy atom. The number of carbonyl (C=O) groups is 1. The van der Waals surface area contributed by atoms with Crippen LogP contribution in [-0.2, 0) is 4.79 Å². The Kier molecular flexibility index (Phi) is 3.40. The summed E-state index contributed by atoms with van der Waals surface area (Å²) >= 11 is 0. The van der Waals surface area contributed by atoms with Gasteiger partial charge in [0.1, 0.15) is 17.3 Å². The van der Waals surface area contributed by atoms with Gasteiger partial charge in [-0.3, -0.25) is 9.59 Å². The predicted octanol–water partition coefficient (Wildman–Crippen LogP) is 3.21. The number of para-hydroxylation sites is 1. The van der Waals surface area contributed by atoms with Gasteiger partial charge in [-0.2, -0.15) is 0 Å². The first-order valence-electron chi connectivity index (χ1n) is 7.67. The van der Waals surface area contributed by atoms with Gasteiger partial charge in [-0.15, -0.1) is 0 Å². The van der Waals surface area contributed by atoms with Gasteiger partial charge in [-0.05, 0) is 29.8 Å². The molecule has 4 rings (SSSR count). The van der Waals surface area contributed by atoms with Crippen molar-refractivity contribution in [2.45, 2.75) is 12.0 Å². The fourth-order valence-electron chi connectivity index (χ4n) is 3.10. The molecular formula is C20H14O4. The Hall–Kier alpha value is -2.98. The van der Waals surface area contributed by atoms with Crippen LogP contribution < -0.4 is 5.43 Å². The largest absolute Gasteiger partial charge is 0.459 e. The summed E-state index contributed by atoms with van der Waals surface area (Å²) in [5, 5.41) is 11.2. The van der Waals surface area contributed by atoms with Crippen molar-refractivity contribution >= 4 is 22.8 Å². The van der Waals surface area contributed by atoms with Crippen LogP contribution in [0.4, 0.5) is 0 Å². The molecule has 4 heteroatoms. The van der Waals surface area contributed by atoms with Crippen molar-refractivity contribution < 1.29 is 14.3 Å². The molecule has 1 aromatic heterocycles. The van der Waals surface area contributed by atoms with Gasteiger partial charge < -0.3 is 9.52 Å². The number of hydrogen-bond acceptors (Lipinski definition) is 4. The van der Waals surface area contributed by atoms with E-state index < -0.39 is 12.0 Å². The maximum absolute atomic E-state index is 12.7. The second kappa shape index (κ2) is 5.58. The zero-order valence-electron chi connectivity index (χ0n) is 12.7. The van der Waals surface area contributed by atoms with Crippen molar-refractivity contribution in [3.8, 4) is 0 Å². The Morgan fingerprint density at radius 3 is 2.42 bits per heavy atom. The molecule has 0 amide bonds. The van der Waals surface area contributed by atoms with E-state index in [9.17, 15) is 14.7 Å². The molecule has 2 aromatic carbocycles. The van der Waals surface area contributed by atoms with Crippen LogP contribution in [0.2, 0.25) is 0 Å². The van der Waals surface area contributed by atoms with Crippen LogP contribution in [0.15, 0.2) is 69.9 Å². The molecule has 0 fully saturated rings. The van der Waals surface area contributed by atoms with Crippen molar-refractivity contribution in [2.24, 2.45) is 0 Å². The Labute approximate surface area is 137 Å². The van der Waals surface area contributed by atoms with Crippen LogP contribution in [0.1, 0.15) is 28.9 Å². The van der Waals surface area contributed by atoms with E-state index in [2.05, 4.69) is 0 Å². The van der Waals surface area contributed by atoms with Gasteiger partial charge in [0.05, 0.1) is 17.1 Å². The van der Waals surface area contributed by atoms with E-state index >= 15 is 0 Å². The second-order valence-corrected chi connectivity index (χ2v) is 5.77. The third-order valence-corrected chi connectivity index (χ3v) is 4.32. The summed E-state index contributed by atoms with van der Waals surface area (Å²) in [6.07, 6.45) is 1.74. The van der Waals surface area contributed by atoms with Crippen LogP contribution in [0.25, 0.3) is 17.0 Å². The quantitative estimate of drug-likeness (QED) is 0.788. The zero-order valence-corrected chi connectivity index (χ0v) is 12.7. The Morgan fingerprint density at radius 2 is 1.62 bits per heavy atom. The lowest BCUT2D eigenvalue weighted by Crippen LogP contribution is -2.25. The highest BCUT2D eigenvalue weighted by atomic mass is 16.3. The fraction of sp³-hybridized carbons (Fsp3) is 0.100. The van der Waals surface area contributed by atoms with Crippen LogP contribution in [0.5, 0.6) is 0 Å². The molecule has 0 saturated heterocycles. The summed E-state index contributed by atoms with van der Waals surface area (Å²) in [6.45, 7) is 0. The van der Waals surface area contributed by atoms with Crippen molar-refractivity contribution in [3.05, 3.63) is 87.8 Å². The van der Waals surface area contributed by atoms with E-state index in [0.29, 0.717) is 22.1 Å². The molecule has 1 N–H and O–H groups in total. The molecule has 0 saturated carbocycles. The molecular weight excluding hydrogens is 304 g/mol. The molecule has 0 bridgehead atoms. The topological polar surface area (TPSA) is 67.5 Å². The highest BCUT2D eigenvalue weighted by Crippen LogP contribution is 2.37. The lowest BCUT2D eigenvalue weighted by molar-refractivity contribution is -0.119. The fourth-order valence-corrected chi connectivity index (χ4v) is 3.10. The maximum atomic E-state index is 12.7. The van der Waals surface area contributed by atoms with Crippen LogP contribution in [0.3, 0.4) is 0 Å². The molecule has 0 radical (unpaired) electrons. The number of fused-ring (bicyclic) bond motifs is 2. The standard InChI is InChI=1S/C20H14O4/c21-15-11-10-14-19(23)13-8-4-5-9-16(13)24-20(14)17(15)18(22)12-6-2-1-3-7-12/h1-11,17-18,22H. The van der Waals surface area contributed by atoms with Crippen molar-refractivity contribution in [3.63, 3.8) is 0 Å². The molecule has 2 unspecified atom stereocenters. The van der Waals surface area contributed by atoms with Crippen LogP contribution in [0, 0.1) is 0 Å². The summed E-state index contributed by atoms with van der Waals surface area (Å²) in [6, 6.07) is 15.8. The van der Waals surface area contributed by atoms with E-state index in [0.717, 1.165) is 0 Å². The minimum Gasteiger partial charge on any atom is -0.459 e. The molecule has 0 aliphatic heterocycles. The number of aliphatic hydroxyl groups is 1. The molecule has 1 aliphatic rings. The maximum Gasteiger partial charge on any atom is 0.200 e. The van der Waals surface area contributed by atoms with Gasteiger partial charge >= 0.3 is 0 Å². The highest BCUT2D eigenvalue weighted by molar-refractivity contribution is 6.02. The van der Waals surface area contributed by atoms with Gasteiger partial charge in [0.2, 0.25) is 0 Å². The van der Waals surface area contributed by atoms with E-state index in [1.165, 1.54) is 12.2 Å². The van der Waals surface area contributed by atoms with Crippen LogP contribution in [-0.4, -0.2) is 10.9 Å². The second-order valence-electron chi connectivity index (χ2n) is 5.77. The van der Waals surface area contributed by atoms with Gasteiger partial charge in [0.25, 0.3) is 0 Å². The first-order chi connectivity index (χ1) is 11.7. The number of rotatable bonds is 2. The SMILES string of the molecule is O=C1C=Cc2c(oc3ccccc3c2=O)C1C(O)c1ccccc1. The van der Waals surface area contributed by atoms with Crippen LogP contribution >= 0.6 is 0 Å². The smallest absolute Gasteiger partial charge is 0.200 e. The number of aliphatic hydroxyl groups excluding tert-OH is 1. The van der Waals surface area contributed by atoms with E-state index in [4.69, 9.17) is 4.42 Å². The first-order valence-corrected chi connectivity index (χ1v) is 7.67. The molecule has 0 spiro atoms. The molecule has 1 heterocycles. The third kappa shape index (κ3) is 2.20. The average molecular weight is 318 g/mol. The van der Waals surface area contributed by atoms with Gasteiger partial charge in [0, 0.05) is 0 Å². The molecule has 3 aromatic rings. The summed E-state index contributed by atoms with van der Waals surface area (Å²) in [7, 11) is 0. The predicted molar refractivity (Wildman–Crippen MR) is 90.7 cm³/mol. The van der Waals surface area contributed by atoms with Gasteiger partial charge in [-0.1, -0.05) is 42.5 Å². The van der Waals surface area contributed by atoms with Crippen molar-refractivity contribution in [1.29, 1.82) is 0 Å². The number of hydrogen-bond donors (Lipinski definition) is 1. The van der Waals surface area contributed by atoms with Gasteiger partial charge in [-0.25, -0.2) is 0 Å². The summed E-state index contributed by atoms with van der Waals surface area (Å²) in [5.41, 5.74) is 1.15. The first kappa shape index (κ1) is 14.6. The molecule has 24 heavy (non-hydrogen) atoms. The normalized spacial score (nSPS) is 17.7. The number of benzene rings is 2. The van der Waals surface area contributed by atoms with E-state index in [-0.39, 0.29) is 17.0 Å². The molecule has 4 nitrogen and oxygen atoms in total. The molecule has 2 atom stereocenters. The zero-order chi connectivity index (χ0) is 16.7. The summed E-state index contributed by atoms with van der Waals surface area (Å²) in [4.78, 5) is 25.1. The summed E-state index contributed by atoms with van der Waals surface area (Å²) < 4.78 is 5.86. The highest BCUT2D eigenvalue weighted by Gasteiger charge is 2.35.